The number of halogens is 2. The first kappa shape index (κ1) is 14.5. The molecule has 0 bridgehead atoms. The van der Waals surface area contributed by atoms with Crippen molar-refractivity contribution in [2.24, 2.45) is 11.8 Å². The number of hydrogen-bond donors (Lipinski definition) is 1. The van der Waals surface area contributed by atoms with E-state index in [9.17, 15) is 19.1 Å². The van der Waals surface area contributed by atoms with Crippen LogP contribution in [0.15, 0.2) is 30.4 Å². The quantitative estimate of drug-likeness (QED) is 0.864. The predicted molar refractivity (Wildman–Crippen MR) is 70.4 cm³/mol. The number of benzene rings is 1. The highest BCUT2D eigenvalue weighted by Crippen LogP contribution is 2.28. The molecule has 0 spiro atoms. The predicted octanol–water partition coefficient (Wildman–Crippen LogP) is 1.75. The van der Waals surface area contributed by atoms with Gasteiger partial charge in [0, 0.05) is 11.9 Å². The maximum atomic E-state index is 13.7. The number of carboxylic acids is 1. The summed E-state index contributed by atoms with van der Waals surface area (Å²) in [5.41, 5.74) is -0.0610. The maximum Gasteiger partial charge on any atom is 0.228 e. The molecule has 1 N–H and O–H groups in total. The Morgan fingerprint density at radius 1 is 1.25 bits per heavy atom. The molecule has 1 aromatic rings. The fourth-order valence-electron chi connectivity index (χ4n) is 2.19. The first-order valence-corrected chi connectivity index (χ1v) is 6.49. The van der Waals surface area contributed by atoms with Crippen molar-refractivity contribution in [2.45, 2.75) is 12.8 Å². The minimum absolute atomic E-state index is 0.0610. The van der Waals surface area contributed by atoms with Crippen LogP contribution < -0.4 is 10.4 Å². The molecule has 0 saturated carbocycles. The van der Waals surface area contributed by atoms with Crippen LogP contribution in [0.4, 0.5) is 10.1 Å². The standard InChI is InChI=1S/C14H13ClFNO3/c15-10-6-3-7-11(12(10)16)17-13(18)8-4-1-2-5-9(8)14(19)20/h1-3,6-9H,4-5H2,(H,17,18)(H,19,20)/p-1/t8-,9-/m1/s1. The minimum atomic E-state index is -1.28. The van der Waals surface area contributed by atoms with Gasteiger partial charge in [-0.2, -0.15) is 0 Å². The van der Waals surface area contributed by atoms with Gasteiger partial charge in [0.05, 0.1) is 16.6 Å². The molecule has 1 aromatic carbocycles. The van der Waals surface area contributed by atoms with Gasteiger partial charge in [-0.1, -0.05) is 29.8 Å². The number of allylic oxidation sites excluding steroid dienone is 2. The highest BCUT2D eigenvalue weighted by molar-refractivity contribution is 6.31. The highest BCUT2D eigenvalue weighted by atomic mass is 35.5. The van der Waals surface area contributed by atoms with Crippen molar-refractivity contribution in [3.63, 3.8) is 0 Å². The van der Waals surface area contributed by atoms with Gasteiger partial charge in [-0.25, -0.2) is 4.39 Å². The number of aliphatic carboxylic acids is 1. The fraction of sp³-hybridized carbons (Fsp3) is 0.286. The number of carbonyl (C=O) groups is 2. The molecule has 2 rings (SSSR count). The van der Waals surface area contributed by atoms with Crippen LogP contribution in [0.25, 0.3) is 0 Å². The van der Waals surface area contributed by atoms with Gasteiger partial charge < -0.3 is 15.2 Å². The molecule has 0 heterocycles. The molecule has 0 unspecified atom stereocenters. The first-order valence-electron chi connectivity index (χ1n) is 6.11. The van der Waals surface area contributed by atoms with E-state index in [1.807, 2.05) is 0 Å². The number of hydrogen-bond acceptors (Lipinski definition) is 3. The summed E-state index contributed by atoms with van der Waals surface area (Å²) < 4.78 is 13.7. The molecular formula is C14H12ClFNO3-. The van der Waals surface area contributed by atoms with Crippen molar-refractivity contribution in [2.75, 3.05) is 5.32 Å². The van der Waals surface area contributed by atoms with Crippen LogP contribution in [-0.4, -0.2) is 11.9 Å². The third-order valence-electron chi connectivity index (χ3n) is 3.28. The lowest BCUT2D eigenvalue weighted by Gasteiger charge is -2.28. The van der Waals surface area contributed by atoms with Gasteiger partial charge in [0.2, 0.25) is 5.91 Å². The Kier molecular flexibility index (Phi) is 4.39. The molecule has 0 saturated heterocycles. The van der Waals surface area contributed by atoms with Crippen molar-refractivity contribution < 1.29 is 19.1 Å². The van der Waals surface area contributed by atoms with Crippen molar-refractivity contribution in [3.05, 3.63) is 41.2 Å². The number of carbonyl (C=O) groups excluding carboxylic acids is 2. The van der Waals surface area contributed by atoms with Gasteiger partial charge in [0.25, 0.3) is 0 Å². The summed E-state index contributed by atoms with van der Waals surface area (Å²) in [6.45, 7) is 0. The molecule has 1 aliphatic carbocycles. The summed E-state index contributed by atoms with van der Waals surface area (Å²) in [7, 11) is 0. The van der Waals surface area contributed by atoms with E-state index in [0.29, 0.717) is 0 Å². The second kappa shape index (κ2) is 6.05. The number of amides is 1. The largest absolute Gasteiger partial charge is 0.550 e. The number of rotatable bonds is 3. The third kappa shape index (κ3) is 2.99. The lowest BCUT2D eigenvalue weighted by Crippen LogP contribution is -2.41. The Morgan fingerprint density at radius 3 is 2.55 bits per heavy atom. The number of nitrogens with one attached hydrogen (secondary N) is 1. The van der Waals surface area contributed by atoms with E-state index in [4.69, 9.17) is 11.6 Å². The van der Waals surface area contributed by atoms with Gasteiger partial charge in [0.1, 0.15) is 0 Å². The van der Waals surface area contributed by atoms with Crippen LogP contribution in [0.1, 0.15) is 12.8 Å². The average Bonchev–Trinajstić information content (AvgIpc) is 2.43. The van der Waals surface area contributed by atoms with Gasteiger partial charge >= 0.3 is 0 Å². The van der Waals surface area contributed by atoms with E-state index in [-0.39, 0.29) is 23.6 Å². The van der Waals surface area contributed by atoms with E-state index in [0.717, 1.165) is 0 Å². The molecule has 20 heavy (non-hydrogen) atoms. The Labute approximate surface area is 120 Å². The van der Waals surface area contributed by atoms with Gasteiger partial charge in [-0.3, -0.25) is 4.79 Å². The maximum absolute atomic E-state index is 13.7. The second-order valence-corrected chi connectivity index (χ2v) is 4.97. The van der Waals surface area contributed by atoms with Crippen molar-refractivity contribution >= 4 is 29.2 Å². The molecule has 6 heteroatoms. The fourth-order valence-corrected chi connectivity index (χ4v) is 2.36. The first-order chi connectivity index (χ1) is 9.50. The summed E-state index contributed by atoms with van der Waals surface area (Å²) in [6, 6.07) is 4.23. The molecular weight excluding hydrogens is 285 g/mol. The van der Waals surface area contributed by atoms with Crippen LogP contribution in [0.2, 0.25) is 5.02 Å². The third-order valence-corrected chi connectivity index (χ3v) is 3.57. The zero-order valence-corrected chi connectivity index (χ0v) is 11.2. The molecule has 0 aliphatic heterocycles. The minimum Gasteiger partial charge on any atom is -0.550 e. The summed E-state index contributed by atoms with van der Waals surface area (Å²) >= 11 is 5.62. The van der Waals surface area contributed by atoms with E-state index in [1.54, 1.807) is 12.2 Å². The smallest absolute Gasteiger partial charge is 0.228 e. The summed E-state index contributed by atoms with van der Waals surface area (Å²) in [5.74, 6) is -4.24. The van der Waals surface area contributed by atoms with Crippen LogP contribution in [0.3, 0.4) is 0 Å². The van der Waals surface area contributed by atoms with Crippen LogP contribution in [0, 0.1) is 17.7 Å². The van der Waals surface area contributed by atoms with Gasteiger partial charge in [-0.15, -0.1) is 0 Å². The molecule has 0 radical (unpaired) electrons. The molecule has 1 amide bonds. The Balaban J connectivity index is 2.17. The average molecular weight is 297 g/mol. The Bertz CT molecular complexity index is 574. The Morgan fingerprint density at radius 2 is 1.90 bits per heavy atom. The Hall–Kier alpha value is -1.88. The molecule has 106 valence electrons. The molecule has 2 atom stereocenters. The normalized spacial score (nSPS) is 21.5. The summed E-state index contributed by atoms with van der Waals surface area (Å²) in [6.07, 6.45) is 3.95. The van der Waals surface area contributed by atoms with Crippen LogP contribution in [-0.2, 0) is 9.59 Å². The number of anilines is 1. The monoisotopic (exact) mass is 296 g/mol. The molecule has 4 nitrogen and oxygen atoms in total. The van der Waals surface area contributed by atoms with Crippen LogP contribution in [0.5, 0.6) is 0 Å². The lowest BCUT2D eigenvalue weighted by molar-refractivity contribution is -0.313. The highest BCUT2D eigenvalue weighted by Gasteiger charge is 2.30. The lowest BCUT2D eigenvalue weighted by atomic mass is 9.82. The molecule has 0 fully saturated rings. The van der Waals surface area contributed by atoms with E-state index >= 15 is 0 Å². The van der Waals surface area contributed by atoms with Crippen molar-refractivity contribution in [3.8, 4) is 0 Å². The molecule has 0 aromatic heterocycles. The SMILES string of the molecule is O=C([O-])[C@@H]1CC=CC[C@H]1C(=O)Nc1cccc(Cl)c1F. The van der Waals surface area contributed by atoms with E-state index < -0.39 is 29.5 Å². The van der Waals surface area contributed by atoms with E-state index in [2.05, 4.69) is 5.32 Å². The summed E-state index contributed by atoms with van der Waals surface area (Å²) in [5, 5.41) is 13.3. The van der Waals surface area contributed by atoms with Crippen molar-refractivity contribution in [1.29, 1.82) is 0 Å². The zero-order valence-electron chi connectivity index (χ0n) is 10.4. The van der Waals surface area contributed by atoms with Crippen molar-refractivity contribution in [1.82, 2.24) is 0 Å². The van der Waals surface area contributed by atoms with Crippen LogP contribution >= 0.6 is 11.6 Å². The zero-order chi connectivity index (χ0) is 14.7. The van der Waals surface area contributed by atoms with E-state index in [1.165, 1.54) is 18.2 Å². The summed E-state index contributed by atoms with van der Waals surface area (Å²) in [4.78, 5) is 23.1. The van der Waals surface area contributed by atoms with Gasteiger partial charge in [-0.05, 0) is 25.0 Å². The topological polar surface area (TPSA) is 69.2 Å². The molecule has 1 aliphatic rings. The van der Waals surface area contributed by atoms with Gasteiger partial charge in [0.15, 0.2) is 5.82 Å². The number of carboxylic acid groups (broad SMARTS) is 1. The second-order valence-electron chi connectivity index (χ2n) is 4.57.